The first kappa shape index (κ1) is 21.4. The fourth-order valence-corrected chi connectivity index (χ4v) is 4.63. The van der Waals surface area contributed by atoms with Crippen molar-refractivity contribution >= 4 is 29.7 Å². The third kappa shape index (κ3) is 5.85. The van der Waals surface area contributed by atoms with Crippen molar-refractivity contribution in [2.75, 3.05) is 25.4 Å². The summed E-state index contributed by atoms with van der Waals surface area (Å²) in [4.78, 5) is 38.3. The maximum atomic E-state index is 13.0. The van der Waals surface area contributed by atoms with Gasteiger partial charge in [-0.25, -0.2) is 9.18 Å². The van der Waals surface area contributed by atoms with Crippen LogP contribution >= 0.6 is 11.8 Å². The van der Waals surface area contributed by atoms with E-state index in [-0.39, 0.29) is 35.0 Å². The van der Waals surface area contributed by atoms with Gasteiger partial charge in [-0.15, -0.1) is 11.8 Å². The molecule has 158 valence electrons. The van der Waals surface area contributed by atoms with Crippen molar-refractivity contribution in [3.63, 3.8) is 0 Å². The van der Waals surface area contributed by atoms with Crippen LogP contribution < -0.4 is 10.6 Å². The average Bonchev–Trinajstić information content (AvgIpc) is 2.71. The standard InChI is InChI=1S/C20H26FN3O4S/c1-2-28-20(27)24-9-7-15(8-10-24)22-18(25)16-12-29-17(19(26)23-16)11-13-3-5-14(21)6-4-13/h3-6,15-17H,2,7-12H2,1H3,(H,22,25)(H,23,26). The van der Waals surface area contributed by atoms with E-state index in [1.165, 1.54) is 23.9 Å². The lowest BCUT2D eigenvalue weighted by Gasteiger charge is -2.33. The van der Waals surface area contributed by atoms with Crippen molar-refractivity contribution in [3.05, 3.63) is 35.6 Å². The molecule has 0 bridgehead atoms. The number of ether oxygens (including phenoxy) is 1. The van der Waals surface area contributed by atoms with Crippen molar-refractivity contribution in [2.45, 2.75) is 43.5 Å². The molecule has 9 heteroatoms. The summed E-state index contributed by atoms with van der Waals surface area (Å²) in [6, 6.07) is 5.51. The lowest BCUT2D eigenvalue weighted by Crippen LogP contribution is -2.57. The molecule has 0 aromatic heterocycles. The second kappa shape index (κ2) is 9.96. The Morgan fingerprint density at radius 3 is 2.59 bits per heavy atom. The van der Waals surface area contributed by atoms with Crippen LogP contribution in [0.1, 0.15) is 25.3 Å². The zero-order valence-corrected chi connectivity index (χ0v) is 17.2. The lowest BCUT2D eigenvalue weighted by atomic mass is 10.0. The maximum absolute atomic E-state index is 13.0. The predicted molar refractivity (Wildman–Crippen MR) is 108 cm³/mol. The average molecular weight is 424 g/mol. The van der Waals surface area contributed by atoms with Gasteiger partial charge in [0, 0.05) is 24.9 Å². The number of likely N-dealkylation sites (tertiary alicyclic amines) is 1. The molecule has 2 saturated heterocycles. The largest absolute Gasteiger partial charge is 0.450 e. The molecule has 2 aliphatic rings. The molecule has 2 fully saturated rings. The van der Waals surface area contributed by atoms with Gasteiger partial charge in [-0.05, 0) is 43.9 Å². The van der Waals surface area contributed by atoms with Gasteiger partial charge in [0.05, 0.1) is 11.9 Å². The number of thioether (sulfide) groups is 1. The van der Waals surface area contributed by atoms with E-state index in [1.807, 2.05) is 0 Å². The van der Waals surface area contributed by atoms with Crippen LogP contribution in [0.15, 0.2) is 24.3 Å². The zero-order valence-electron chi connectivity index (χ0n) is 16.4. The van der Waals surface area contributed by atoms with E-state index in [2.05, 4.69) is 10.6 Å². The topological polar surface area (TPSA) is 87.7 Å². The molecule has 2 unspecified atom stereocenters. The van der Waals surface area contributed by atoms with E-state index < -0.39 is 6.04 Å². The van der Waals surface area contributed by atoms with Crippen LogP contribution in [0.25, 0.3) is 0 Å². The molecule has 29 heavy (non-hydrogen) atoms. The predicted octanol–water partition coefficient (Wildman–Crippen LogP) is 1.71. The van der Waals surface area contributed by atoms with Crippen LogP contribution in [0.5, 0.6) is 0 Å². The molecule has 0 aliphatic carbocycles. The first-order chi connectivity index (χ1) is 14.0. The third-order valence-corrected chi connectivity index (χ3v) is 6.40. The van der Waals surface area contributed by atoms with Crippen LogP contribution in [0.2, 0.25) is 0 Å². The number of benzene rings is 1. The van der Waals surface area contributed by atoms with Crippen molar-refractivity contribution < 1.29 is 23.5 Å². The van der Waals surface area contributed by atoms with E-state index in [9.17, 15) is 18.8 Å². The minimum absolute atomic E-state index is 0.0213. The van der Waals surface area contributed by atoms with Gasteiger partial charge in [0.25, 0.3) is 0 Å². The first-order valence-electron chi connectivity index (χ1n) is 9.84. The quantitative estimate of drug-likeness (QED) is 0.753. The Morgan fingerprint density at radius 2 is 1.97 bits per heavy atom. The summed E-state index contributed by atoms with van der Waals surface area (Å²) >= 11 is 1.44. The second-order valence-electron chi connectivity index (χ2n) is 7.18. The monoisotopic (exact) mass is 423 g/mol. The summed E-state index contributed by atoms with van der Waals surface area (Å²) in [5.74, 6) is -0.187. The minimum atomic E-state index is -0.569. The van der Waals surface area contributed by atoms with E-state index in [0.29, 0.717) is 44.7 Å². The molecule has 0 saturated carbocycles. The molecule has 2 N–H and O–H groups in total. The fourth-order valence-electron chi connectivity index (χ4n) is 3.44. The number of rotatable bonds is 5. The van der Waals surface area contributed by atoms with Gasteiger partial charge in [0.15, 0.2) is 0 Å². The summed E-state index contributed by atoms with van der Waals surface area (Å²) in [7, 11) is 0. The van der Waals surface area contributed by atoms with Gasteiger partial charge in [-0.2, -0.15) is 0 Å². The van der Waals surface area contributed by atoms with Crippen molar-refractivity contribution in [2.24, 2.45) is 0 Å². The number of hydrogen-bond donors (Lipinski definition) is 2. The normalized spacial score (nSPS) is 22.7. The highest BCUT2D eigenvalue weighted by molar-refractivity contribution is 8.00. The molecular formula is C20H26FN3O4S. The smallest absolute Gasteiger partial charge is 0.409 e. The number of amides is 3. The highest BCUT2D eigenvalue weighted by Crippen LogP contribution is 2.22. The Balaban J connectivity index is 1.43. The molecule has 2 heterocycles. The van der Waals surface area contributed by atoms with Gasteiger partial charge in [-0.3, -0.25) is 9.59 Å². The SMILES string of the molecule is CCOC(=O)N1CCC(NC(=O)C2CSC(Cc3ccc(F)cc3)C(=O)N2)CC1. The number of nitrogens with one attached hydrogen (secondary N) is 2. The van der Waals surface area contributed by atoms with Gasteiger partial charge in [0.2, 0.25) is 11.8 Å². The van der Waals surface area contributed by atoms with E-state index >= 15 is 0 Å². The van der Waals surface area contributed by atoms with Gasteiger partial charge >= 0.3 is 6.09 Å². The lowest BCUT2D eigenvalue weighted by molar-refractivity contribution is -0.129. The molecular weight excluding hydrogens is 397 g/mol. The highest BCUT2D eigenvalue weighted by Gasteiger charge is 2.34. The van der Waals surface area contributed by atoms with Crippen LogP contribution in [-0.4, -0.2) is 65.6 Å². The Morgan fingerprint density at radius 1 is 1.28 bits per heavy atom. The van der Waals surface area contributed by atoms with E-state index in [1.54, 1.807) is 24.0 Å². The van der Waals surface area contributed by atoms with Crippen molar-refractivity contribution in [3.8, 4) is 0 Å². The third-order valence-electron chi connectivity index (χ3n) is 5.09. The molecule has 0 spiro atoms. The maximum Gasteiger partial charge on any atom is 0.409 e. The molecule has 2 aliphatic heterocycles. The molecule has 7 nitrogen and oxygen atoms in total. The van der Waals surface area contributed by atoms with Crippen molar-refractivity contribution in [1.29, 1.82) is 0 Å². The number of halogens is 1. The number of carbonyl (C=O) groups is 3. The Kier molecular flexibility index (Phi) is 7.35. The second-order valence-corrected chi connectivity index (χ2v) is 8.42. The van der Waals surface area contributed by atoms with Crippen LogP contribution in [0.4, 0.5) is 9.18 Å². The Labute approximate surface area is 173 Å². The molecule has 1 aromatic carbocycles. The van der Waals surface area contributed by atoms with Gasteiger partial charge in [0.1, 0.15) is 11.9 Å². The molecule has 0 radical (unpaired) electrons. The zero-order chi connectivity index (χ0) is 20.8. The van der Waals surface area contributed by atoms with E-state index in [0.717, 1.165) is 5.56 Å². The number of piperidine rings is 1. The minimum Gasteiger partial charge on any atom is -0.450 e. The summed E-state index contributed by atoms with van der Waals surface area (Å²) in [5, 5.41) is 5.49. The molecule has 2 atom stereocenters. The number of carbonyl (C=O) groups excluding carboxylic acids is 3. The van der Waals surface area contributed by atoms with Crippen LogP contribution in [0.3, 0.4) is 0 Å². The van der Waals surface area contributed by atoms with Crippen molar-refractivity contribution in [1.82, 2.24) is 15.5 Å². The Hall–Kier alpha value is -2.29. The summed E-state index contributed by atoms with van der Waals surface area (Å²) < 4.78 is 18.0. The van der Waals surface area contributed by atoms with Gasteiger partial charge < -0.3 is 20.3 Å². The summed E-state index contributed by atoms with van der Waals surface area (Å²) in [6.45, 7) is 3.19. The highest BCUT2D eigenvalue weighted by atomic mass is 32.2. The van der Waals surface area contributed by atoms with Crippen LogP contribution in [-0.2, 0) is 20.7 Å². The number of nitrogens with zero attached hydrogens (tertiary/aromatic N) is 1. The molecule has 1 aromatic rings. The molecule has 3 rings (SSSR count). The van der Waals surface area contributed by atoms with Gasteiger partial charge in [-0.1, -0.05) is 12.1 Å². The molecule has 3 amide bonds. The first-order valence-corrected chi connectivity index (χ1v) is 10.9. The number of hydrogen-bond acceptors (Lipinski definition) is 5. The van der Waals surface area contributed by atoms with E-state index in [4.69, 9.17) is 4.74 Å². The summed E-state index contributed by atoms with van der Waals surface area (Å²) in [5.41, 5.74) is 0.885. The fraction of sp³-hybridized carbons (Fsp3) is 0.550. The van der Waals surface area contributed by atoms with Crippen LogP contribution in [0, 0.1) is 5.82 Å². The Bertz CT molecular complexity index is 738. The summed E-state index contributed by atoms with van der Waals surface area (Å²) in [6.07, 6.45) is 1.49.